The van der Waals surface area contributed by atoms with Gasteiger partial charge in [0.2, 0.25) is 5.91 Å². The van der Waals surface area contributed by atoms with Crippen molar-refractivity contribution >= 4 is 5.91 Å². The van der Waals surface area contributed by atoms with Crippen molar-refractivity contribution < 1.29 is 4.79 Å². The third-order valence-corrected chi connectivity index (χ3v) is 4.87. The zero-order valence-electron chi connectivity index (χ0n) is 13.2. The van der Waals surface area contributed by atoms with Crippen LogP contribution in [-0.2, 0) is 4.79 Å². The first-order valence-corrected chi connectivity index (χ1v) is 8.44. The number of hydrogen-bond acceptors (Lipinski definition) is 3. The van der Waals surface area contributed by atoms with Crippen molar-refractivity contribution in [1.82, 2.24) is 15.1 Å². The molecule has 1 unspecified atom stereocenters. The Hall–Kier alpha value is -0.610. The number of nitrogens with one attached hydrogen (secondary N) is 1. The Kier molecular flexibility index (Phi) is 6.30. The first-order chi connectivity index (χ1) is 9.70. The van der Waals surface area contributed by atoms with Crippen molar-refractivity contribution in [3.8, 4) is 0 Å². The lowest BCUT2D eigenvalue weighted by atomic mass is 9.90. The fourth-order valence-corrected chi connectivity index (χ4v) is 3.41. The molecular weight excluding hydrogens is 250 g/mol. The quantitative estimate of drug-likeness (QED) is 0.805. The molecule has 0 radical (unpaired) electrons. The topological polar surface area (TPSA) is 35.6 Å². The summed E-state index contributed by atoms with van der Waals surface area (Å²) in [5, 5.41) is 3.61. The van der Waals surface area contributed by atoms with Gasteiger partial charge in [-0.25, -0.2) is 0 Å². The summed E-state index contributed by atoms with van der Waals surface area (Å²) in [4.78, 5) is 16.5. The van der Waals surface area contributed by atoms with E-state index in [9.17, 15) is 4.79 Å². The Morgan fingerprint density at radius 1 is 1.20 bits per heavy atom. The minimum atomic E-state index is 0.345. The molecule has 0 aromatic rings. The second kappa shape index (κ2) is 7.99. The maximum absolute atomic E-state index is 12.1. The molecule has 0 bridgehead atoms. The van der Waals surface area contributed by atoms with Crippen molar-refractivity contribution in [2.45, 2.75) is 52.0 Å². The minimum Gasteiger partial charge on any atom is -0.342 e. The molecule has 0 aromatic carbocycles. The molecule has 2 fully saturated rings. The van der Waals surface area contributed by atoms with Gasteiger partial charge < -0.3 is 10.2 Å². The summed E-state index contributed by atoms with van der Waals surface area (Å²) in [5.41, 5.74) is 0. The van der Waals surface area contributed by atoms with E-state index in [0.717, 1.165) is 38.6 Å². The van der Waals surface area contributed by atoms with Crippen LogP contribution in [0.2, 0.25) is 0 Å². The summed E-state index contributed by atoms with van der Waals surface area (Å²) in [6.45, 7) is 10.4. The number of carbonyl (C=O) groups is 1. The van der Waals surface area contributed by atoms with E-state index in [4.69, 9.17) is 0 Å². The SMILES string of the molecule is CCCNC(C)C1CCN(CC(=O)N2CCCC2)CC1. The molecule has 4 nitrogen and oxygen atoms in total. The third kappa shape index (κ3) is 4.45. The molecular formula is C16H31N3O. The Morgan fingerprint density at radius 3 is 2.45 bits per heavy atom. The van der Waals surface area contributed by atoms with E-state index in [1.54, 1.807) is 0 Å². The Labute approximate surface area is 123 Å². The van der Waals surface area contributed by atoms with Crippen LogP contribution in [0.1, 0.15) is 46.0 Å². The number of amides is 1. The first kappa shape index (κ1) is 15.8. The smallest absolute Gasteiger partial charge is 0.236 e. The number of likely N-dealkylation sites (tertiary alicyclic amines) is 2. The van der Waals surface area contributed by atoms with Gasteiger partial charge in [0.25, 0.3) is 0 Å². The van der Waals surface area contributed by atoms with Gasteiger partial charge in [-0.1, -0.05) is 6.92 Å². The summed E-state index contributed by atoms with van der Waals surface area (Å²) in [6.07, 6.45) is 6.03. The molecule has 2 heterocycles. The molecule has 1 N–H and O–H groups in total. The molecule has 4 heteroatoms. The molecule has 2 saturated heterocycles. The Morgan fingerprint density at radius 2 is 1.85 bits per heavy atom. The average Bonchev–Trinajstić information content (AvgIpc) is 3.00. The van der Waals surface area contributed by atoms with E-state index in [0.29, 0.717) is 18.5 Å². The van der Waals surface area contributed by atoms with Crippen LogP contribution >= 0.6 is 0 Å². The van der Waals surface area contributed by atoms with Gasteiger partial charge in [-0.2, -0.15) is 0 Å². The van der Waals surface area contributed by atoms with E-state index < -0.39 is 0 Å². The van der Waals surface area contributed by atoms with Gasteiger partial charge in [-0.05, 0) is 64.6 Å². The van der Waals surface area contributed by atoms with Crippen molar-refractivity contribution in [3.63, 3.8) is 0 Å². The molecule has 1 atom stereocenters. The van der Waals surface area contributed by atoms with Crippen molar-refractivity contribution in [2.24, 2.45) is 5.92 Å². The van der Waals surface area contributed by atoms with E-state index in [2.05, 4.69) is 24.1 Å². The van der Waals surface area contributed by atoms with Crippen LogP contribution in [0.5, 0.6) is 0 Å². The highest BCUT2D eigenvalue weighted by Gasteiger charge is 2.26. The van der Waals surface area contributed by atoms with Crippen LogP contribution in [0.4, 0.5) is 0 Å². The summed E-state index contributed by atoms with van der Waals surface area (Å²) in [7, 11) is 0. The summed E-state index contributed by atoms with van der Waals surface area (Å²) in [6, 6.07) is 0.617. The number of piperidine rings is 1. The lowest BCUT2D eigenvalue weighted by Crippen LogP contribution is -2.45. The van der Waals surface area contributed by atoms with E-state index in [1.165, 1.54) is 32.1 Å². The van der Waals surface area contributed by atoms with Crippen LogP contribution in [-0.4, -0.2) is 61.0 Å². The lowest BCUT2D eigenvalue weighted by Gasteiger charge is -2.35. The third-order valence-electron chi connectivity index (χ3n) is 4.87. The normalized spacial score (nSPS) is 23.2. The van der Waals surface area contributed by atoms with Crippen molar-refractivity contribution in [1.29, 1.82) is 0 Å². The zero-order chi connectivity index (χ0) is 14.4. The number of nitrogens with zero attached hydrogens (tertiary/aromatic N) is 2. The summed E-state index contributed by atoms with van der Waals surface area (Å²) in [5.74, 6) is 1.12. The van der Waals surface area contributed by atoms with E-state index in [-0.39, 0.29) is 0 Å². The van der Waals surface area contributed by atoms with Crippen LogP contribution in [0.25, 0.3) is 0 Å². The molecule has 0 aliphatic carbocycles. The summed E-state index contributed by atoms with van der Waals surface area (Å²) < 4.78 is 0. The van der Waals surface area contributed by atoms with Crippen molar-refractivity contribution in [2.75, 3.05) is 39.3 Å². The molecule has 2 aliphatic heterocycles. The molecule has 2 rings (SSSR count). The lowest BCUT2D eigenvalue weighted by molar-refractivity contribution is -0.131. The fraction of sp³-hybridized carbons (Fsp3) is 0.938. The van der Waals surface area contributed by atoms with Gasteiger partial charge in [-0.15, -0.1) is 0 Å². The van der Waals surface area contributed by atoms with Gasteiger partial charge in [-0.3, -0.25) is 9.69 Å². The fourth-order valence-electron chi connectivity index (χ4n) is 3.41. The minimum absolute atomic E-state index is 0.345. The van der Waals surface area contributed by atoms with E-state index >= 15 is 0 Å². The first-order valence-electron chi connectivity index (χ1n) is 8.44. The maximum Gasteiger partial charge on any atom is 0.236 e. The number of carbonyl (C=O) groups excluding carboxylic acids is 1. The molecule has 2 aliphatic rings. The average molecular weight is 281 g/mol. The standard InChI is InChI=1S/C16H31N3O/c1-3-8-17-14(2)15-6-11-18(12-7-15)13-16(20)19-9-4-5-10-19/h14-15,17H,3-13H2,1-2H3. The van der Waals surface area contributed by atoms with Gasteiger partial charge >= 0.3 is 0 Å². The van der Waals surface area contributed by atoms with Crippen LogP contribution in [0.3, 0.4) is 0 Å². The molecule has 116 valence electrons. The zero-order valence-corrected chi connectivity index (χ0v) is 13.2. The predicted molar refractivity (Wildman–Crippen MR) is 82.7 cm³/mol. The second-order valence-corrected chi connectivity index (χ2v) is 6.44. The maximum atomic E-state index is 12.1. The van der Waals surface area contributed by atoms with Gasteiger partial charge in [0.1, 0.15) is 0 Å². The number of hydrogen-bond donors (Lipinski definition) is 1. The monoisotopic (exact) mass is 281 g/mol. The highest BCUT2D eigenvalue weighted by atomic mass is 16.2. The second-order valence-electron chi connectivity index (χ2n) is 6.44. The molecule has 0 aromatic heterocycles. The Bertz CT molecular complexity index is 294. The molecule has 0 saturated carbocycles. The highest BCUT2D eigenvalue weighted by Crippen LogP contribution is 2.21. The predicted octanol–water partition coefficient (Wildman–Crippen LogP) is 1.71. The van der Waals surface area contributed by atoms with Gasteiger partial charge in [0.15, 0.2) is 0 Å². The van der Waals surface area contributed by atoms with E-state index in [1.807, 2.05) is 4.90 Å². The molecule has 0 spiro atoms. The van der Waals surface area contributed by atoms with Crippen molar-refractivity contribution in [3.05, 3.63) is 0 Å². The highest BCUT2D eigenvalue weighted by molar-refractivity contribution is 5.78. The van der Waals surface area contributed by atoms with Crippen LogP contribution < -0.4 is 5.32 Å². The molecule has 1 amide bonds. The Balaban J connectivity index is 1.67. The van der Waals surface area contributed by atoms with Crippen LogP contribution in [0.15, 0.2) is 0 Å². The molecule has 20 heavy (non-hydrogen) atoms. The van der Waals surface area contributed by atoms with Gasteiger partial charge in [0, 0.05) is 19.1 Å². The largest absolute Gasteiger partial charge is 0.342 e. The summed E-state index contributed by atoms with van der Waals surface area (Å²) >= 11 is 0. The van der Waals surface area contributed by atoms with Crippen LogP contribution in [0, 0.1) is 5.92 Å². The van der Waals surface area contributed by atoms with Gasteiger partial charge in [0.05, 0.1) is 6.54 Å². The number of rotatable bonds is 6.